The van der Waals surface area contributed by atoms with Gasteiger partial charge in [0.05, 0.1) is 6.42 Å². The van der Waals surface area contributed by atoms with Crippen LogP contribution >= 0.6 is 27.3 Å². The highest BCUT2D eigenvalue weighted by atomic mass is 79.9. The third kappa shape index (κ3) is 6.43. The van der Waals surface area contributed by atoms with Crippen molar-refractivity contribution in [3.05, 3.63) is 20.8 Å². The van der Waals surface area contributed by atoms with Gasteiger partial charge in [0.2, 0.25) is 0 Å². The van der Waals surface area contributed by atoms with Crippen molar-refractivity contribution in [2.24, 2.45) is 0 Å². The maximum atomic E-state index is 12.4. The lowest BCUT2D eigenvalue weighted by atomic mass is 10.1. The smallest absolute Gasteiger partial charge is 0.313 e. The van der Waals surface area contributed by atoms with Gasteiger partial charge >= 0.3 is 6.18 Å². The molecule has 0 saturated heterocycles. The van der Waals surface area contributed by atoms with E-state index in [1.54, 1.807) is 0 Å². The molecule has 1 nitrogen and oxygen atoms in total. The predicted octanol–water partition coefficient (Wildman–Crippen LogP) is 4.37. The van der Waals surface area contributed by atoms with Gasteiger partial charge in [-0.15, -0.1) is 11.3 Å². The van der Waals surface area contributed by atoms with Crippen LogP contribution in [0.25, 0.3) is 0 Å². The van der Waals surface area contributed by atoms with Crippen molar-refractivity contribution in [3.63, 3.8) is 0 Å². The van der Waals surface area contributed by atoms with Gasteiger partial charge in [0, 0.05) is 20.8 Å². The van der Waals surface area contributed by atoms with E-state index in [0.29, 0.717) is 13.0 Å². The third-order valence-corrected chi connectivity index (χ3v) is 3.95. The number of alkyl halides is 3. The molecule has 1 unspecified atom stereocenters. The Hall–Kier alpha value is -0.0700. The van der Waals surface area contributed by atoms with Gasteiger partial charge in [-0.05, 0) is 41.4 Å². The van der Waals surface area contributed by atoms with E-state index in [1.165, 1.54) is 11.3 Å². The summed E-state index contributed by atoms with van der Waals surface area (Å²) in [5.41, 5.74) is 0. The van der Waals surface area contributed by atoms with Gasteiger partial charge in [0.15, 0.2) is 0 Å². The summed E-state index contributed by atoms with van der Waals surface area (Å²) in [6.07, 6.45) is -3.62. The summed E-state index contributed by atoms with van der Waals surface area (Å²) in [6, 6.07) is 1.35. The summed E-state index contributed by atoms with van der Waals surface area (Å²) in [7, 11) is 0. The third-order valence-electron chi connectivity index (χ3n) is 2.23. The van der Waals surface area contributed by atoms with E-state index in [1.807, 2.05) is 18.4 Å². The van der Waals surface area contributed by atoms with Crippen LogP contribution < -0.4 is 5.32 Å². The zero-order chi connectivity index (χ0) is 12.9. The molecule has 1 rings (SSSR count). The highest BCUT2D eigenvalue weighted by Crippen LogP contribution is 2.26. The molecule has 0 aromatic carbocycles. The number of nitrogens with one attached hydrogen (secondary N) is 1. The number of halogens is 4. The Labute approximate surface area is 112 Å². The fourth-order valence-corrected chi connectivity index (χ4v) is 3.08. The lowest BCUT2D eigenvalue weighted by Gasteiger charge is -2.19. The van der Waals surface area contributed by atoms with E-state index >= 15 is 0 Å². The fourth-order valence-electron chi connectivity index (χ4n) is 1.55. The van der Waals surface area contributed by atoms with Crippen LogP contribution in [0.4, 0.5) is 13.2 Å². The SMILES string of the molecule is CCCNC(Cc1cc(Br)cs1)CC(F)(F)F. The minimum atomic E-state index is -4.11. The molecule has 6 heteroatoms. The van der Waals surface area contributed by atoms with E-state index in [9.17, 15) is 13.2 Å². The summed E-state index contributed by atoms with van der Waals surface area (Å²) in [5, 5.41) is 4.84. The van der Waals surface area contributed by atoms with Crippen LogP contribution in [0, 0.1) is 0 Å². The molecule has 0 aliphatic rings. The molecule has 0 aliphatic carbocycles. The van der Waals surface area contributed by atoms with E-state index in [0.717, 1.165) is 15.8 Å². The quantitative estimate of drug-likeness (QED) is 0.816. The minimum Gasteiger partial charge on any atom is -0.313 e. The molecule has 1 N–H and O–H groups in total. The first-order chi connectivity index (χ1) is 7.90. The number of hydrogen-bond donors (Lipinski definition) is 1. The molecular weight excluding hydrogens is 315 g/mol. The minimum absolute atomic E-state index is 0.426. The Kier molecular flexibility index (Phi) is 5.95. The van der Waals surface area contributed by atoms with Gasteiger partial charge in [-0.3, -0.25) is 0 Å². The Balaban J connectivity index is 2.56. The van der Waals surface area contributed by atoms with Crippen molar-refractivity contribution >= 4 is 27.3 Å². The summed E-state index contributed by atoms with van der Waals surface area (Å²) in [4.78, 5) is 0.967. The topological polar surface area (TPSA) is 12.0 Å². The van der Waals surface area contributed by atoms with E-state index in [2.05, 4.69) is 21.2 Å². The van der Waals surface area contributed by atoms with Crippen molar-refractivity contribution in [1.82, 2.24) is 5.32 Å². The van der Waals surface area contributed by atoms with Gasteiger partial charge in [-0.25, -0.2) is 0 Å². The summed E-state index contributed by atoms with van der Waals surface area (Å²) in [5.74, 6) is 0. The lowest BCUT2D eigenvalue weighted by Crippen LogP contribution is -2.35. The van der Waals surface area contributed by atoms with Gasteiger partial charge in [0.1, 0.15) is 0 Å². The summed E-state index contributed by atoms with van der Waals surface area (Å²) < 4.78 is 38.1. The second-order valence-electron chi connectivity index (χ2n) is 3.91. The van der Waals surface area contributed by atoms with Crippen molar-refractivity contribution < 1.29 is 13.2 Å². The zero-order valence-corrected chi connectivity index (χ0v) is 11.9. The second kappa shape index (κ2) is 6.75. The lowest BCUT2D eigenvalue weighted by molar-refractivity contribution is -0.139. The van der Waals surface area contributed by atoms with Crippen LogP contribution in [-0.4, -0.2) is 18.8 Å². The average Bonchev–Trinajstić information content (AvgIpc) is 2.58. The van der Waals surface area contributed by atoms with Crippen molar-refractivity contribution in [1.29, 1.82) is 0 Å². The van der Waals surface area contributed by atoms with Crippen LogP contribution in [0.15, 0.2) is 15.9 Å². The van der Waals surface area contributed by atoms with Crippen LogP contribution in [0.1, 0.15) is 24.6 Å². The Morgan fingerprint density at radius 2 is 2.18 bits per heavy atom. The molecule has 1 aromatic heterocycles. The van der Waals surface area contributed by atoms with Gasteiger partial charge < -0.3 is 5.32 Å². The van der Waals surface area contributed by atoms with E-state index in [4.69, 9.17) is 0 Å². The maximum Gasteiger partial charge on any atom is 0.390 e. The van der Waals surface area contributed by atoms with Crippen molar-refractivity contribution in [2.75, 3.05) is 6.54 Å². The molecule has 1 atom stereocenters. The molecule has 1 heterocycles. The van der Waals surface area contributed by atoms with Crippen molar-refractivity contribution in [3.8, 4) is 0 Å². The monoisotopic (exact) mass is 329 g/mol. The first-order valence-electron chi connectivity index (χ1n) is 5.43. The second-order valence-corrected chi connectivity index (χ2v) is 5.82. The van der Waals surface area contributed by atoms with Crippen LogP contribution in [0.5, 0.6) is 0 Å². The molecule has 1 aromatic rings. The molecule has 0 spiro atoms. The first kappa shape index (κ1) is 15.0. The van der Waals surface area contributed by atoms with Gasteiger partial charge in [0.25, 0.3) is 0 Å². The Bertz CT molecular complexity index is 338. The van der Waals surface area contributed by atoms with E-state index < -0.39 is 18.6 Å². The van der Waals surface area contributed by atoms with Crippen LogP contribution in [0.2, 0.25) is 0 Å². The normalized spacial score (nSPS) is 13.9. The van der Waals surface area contributed by atoms with Crippen molar-refractivity contribution in [2.45, 2.75) is 38.4 Å². The summed E-state index contributed by atoms with van der Waals surface area (Å²) in [6.45, 7) is 2.56. The fraction of sp³-hybridized carbons (Fsp3) is 0.636. The highest BCUT2D eigenvalue weighted by Gasteiger charge is 2.31. The molecule has 0 bridgehead atoms. The highest BCUT2D eigenvalue weighted by molar-refractivity contribution is 9.10. The van der Waals surface area contributed by atoms with Crippen LogP contribution in [0.3, 0.4) is 0 Å². The Morgan fingerprint density at radius 1 is 1.47 bits per heavy atom. The van der Waals surface area contributed by atoms with Gasteiger partial charge in [-0.1, -0.05) is 6.92 Å². The molecule has 17 heavy (non-hydrogen) atoms. The zero-order valence-electron chi connectivity index (χ0n) is 9.48. The number of hydrogen-bond acceptors (Lipinski definition) is 2. The maximum absolute atomic E-state index is 12.4. The molecule has 0 aliphatic heterocycles. The van der Waals surface area contributed by atoms with E-state index in [-0.39, 0.29) is 0 Å². The summed E-state index contributed by atoms with van der Waals surface area (Å²) >= 11 is 4.79. The molecule has 0 saturated carbocycles. The Morgan fingerprint density at radius 3 is 2.65 bits per heavy atom. The molecule has 98 valence electrons. The number of thiophene rings is 1. The number of rotatable bonds is 6. The standard InChI is InChI=1S/C11H15BrF3NS/c1-2-3-16-9(6-11(13,14)15)5-10-4-8(12)7-17-10/h4,7,9,16H,2-3,5-6H2,1H3. The molecule has 0 radical (unpaired) electrons. The predicted molar refractivity (Wildman–Crippen MR) is 68.5 cm³/mol. The molecular formula is C11H15BrF3NS. The largest absolute Gasteiger partial charge is 0.390 e. The average molecular weight is 330 g/mol. The van der Waals surface area contributed by atoms with Crippen LogP contribution in [-0.2, 0) is 6.42 Å². The first-order valence-corrected chi connectivity index (χ1v) is 7.11. The molecule has 0 fully saturated rings. The van der Waals surface area contributed by atoms with Gasteiger partial charge in [-0.2, -0.15) is 13.2 Å². The molecule has 0 amide bonds.